The quantitative estimate of drug-likeness (QED) is 0.254. The fraction of sp³-hybridized carbons (Fsp3) is 0.192. The minimum absolute atomic E-state index is 0.101. The van der Waals surface area contributed by atoms with Crippen molar-refractivity contribution < 1.29 is 29.2 Å². The van der Waals surface area contributed by atoms with Gasteiger partial charge in [0, 0.05) is 23.6 Å². The van der Waals surface area contributed by atoms with Gasteiger partial charge in [-0.1, -0.05) is 54.6 Å². The average Bonchev–Trinajstić information content (AvgIpc) is 2.86. The number of carboxylic acids is 1. The first-order chi connectivity index (χ1) is 16.8. The summed E-state index contributed by atoms with van der Waals surface area (Å²) in [4.78, 5) is 47.7. The second kappa shape index (κ2) is 11.6. The molecule has 180 valence electrons. The van der Waals surface area contributed by atoms with Crippen LogP contribution in [0.4, 0.5) is 5.69 Å². The molecule has 0 bridgehead atoms. The molecule has 0 aliphatic heterocycles. The first kappa shape index (κ1) is 25.1. The number of esters is 1. The third-order valence-electron chi connectivity index (χ3n) is 5.43. The van der Waals surface area contributed by atoms with Crippen LogP contribution in [0.3, 0.4) is 0 Å². The van der Waals surface area contributed by atoms with Crippen molar-refractivity contribution >= 4 is 23.5 Å². The van der Waals surface area contributed by atoms with E-state index in [0.29, 0.717) is 5.56 Å². The third kappa shape index (κ3) is 6.50. The lowest BCUT2D eigenvalue weighted by Gasteiger charge is -2.25. The van der Waals surface area contributed by atoms with E-state index in [1.807, 2.05) is 30.3 Å². The van der Waals surface area contributed by atoms with Crippen LogP contribution < -0.4 is 5.32 Å². The molecule has 0 fully saturated rings. The number of amides is 1. The fourth-order valence-electron chi connectivity index (χ4n) is 3.67. The minimum atomic E-state index is -1.48. The maximum absolute atomic E-state index is 12.9. The normalized spacial score (nSPS) is 12.3. The van der Waals surface area contributed by atoms with Gasteiger partial charge in [-0.25, -0.2) is 4.79 Å². The van der Waals surface area contributed by atoms with Gasteiger partial charge in [-0.2, -0.15) is 0 Å². The Balaban J connectivity index is 1.86. The Hall–Kier alpha value is -4.53. The van der Waals surface area contributed by atoms with Crippen molar-refractivity contribution in [1.82, 2.24) is 5.32 Å². The second-order valence-corrected chi connectivity index (χ2v) is 7.70. The zero-order valence-electron chi connectivity index (χ0n) is 18.9. The molecule has 2 atom stereocenters. The SMILES string of the molecule is CCOC(=O)C[C@H](c1ccc([N+](=O)[O-])cc1)[C@H](NC(=O)c1ccc(-c2ccccc2)cc1)C(=O)O. The Labute approximate surface area is 201 Å². The van der Waals surface area contributed by atoms with Crippen molar-refractivity contribution in [2.75, 3.05) is 6.61 Å². The standard InChI is InChI=1S/C26H24N2O7/c1-2-35-23(29)16-22(19-12-14-21(15-13-19)28(33)34)24(26(31)32)27-25(30)20-10-8-18(9-11-20)17-6-4-3-5-7-17/h3-15,22,24H,2,16H2,1H3,(H,27,30)(H,31,32)/t22-,24+/m1/s1. The van der Waals surface area contributed by atoms with Gasteiger partial charge in [-0.15, -0.1) is 0 Å². The van der Waals surface area contributed by atoms with Crippen molar-refractivity contribution in [2.45, 2.75) is 25.3 Å². The Morgan fingerprint density at radius 1 is 0.943 bits per heavy atom. The van der Waals surface area contributed by atoms with Crippen molar-refractivity contribution in [3.8, 4) is 11.1 Å². The zero-order chi connectivity index (χ0) is 25.4. The Kier molecular flexibility index (Phi) is 8.29. The number of hydrogen-bond donors (Lipinski definition) is 2. The number of carbonyl (C=O) groups excluding carboxylic acids is 2. The minimum Gasteiger partial charge on any atom is -0.480 e. The van der Waals surface area contributed by atoms with Gasteiger partial charge in [0.15, 0.2) is 0 Å². The summed E-state index contributed by atoms with van der Waals surface area (Å²) >= 11 is 0. The highest BCUT2D eigenvalue weighted by Gasteiger charge is 2.33. The summed E-state index contributed by atoms with van der Waals surface area (Å²) in [7, 11) is 0. The van der Waals surface area contributed by atoms with E-state index in [4.69, 9.17) is 4.74 Å². The Morgan fingerprint density at radius 2 is 1.54 bits per heavy atom. The molecular weight excluding hydrogens is 452 g/mol. The molecule has 0 spiro atoms. The van der Waals surface area contributed by atoms with Crippen LogP contribution >= 0.6 is 0 Å². The predicted octanol–water partition coefficient (Wildman–Crippen LogP) is 4.18. The molecular formula is C26H24N2O7. The van der Waals surface area contributed by atoms with Crippen LogP contribution in [0.25, 0.3) is 11.1 Å². The lowest BCUT2D eigenvalue weighted by molar-refractivity contribution is -0.384. The summed E-state index contributed by atoms with van der Waals surface area (Å²) < 4.78 is 4.98. The number of aliphatic carboxylic acids is 1. The number of nitro groups is 1. The largest absolute Gasteiger partial charge is 0.480 e. The Bertz CT molecular complexity index is 1190. The van der Waals surface area contributed by atoms with E-state index in [-0.39, 0.29) is 24.3 Å². The molecule has 0 aliphatic carbocycles. The highest BCUT2D eigenvalue weighted by molar-refractivity contribution is 5.97. The number of ether oxygens (including phenoxy) is 1. The van der Waals surface area contributed by atoms with E-state index < -0.39 is 34.7 Å². The number of nitro benzene ring substituents is 1. The molecule has 0 aromatic heterocycles. The molecule has 35 heavy (non-hydrogen) atoms. The molecule has 9 nitrogen and oxygen atoms in total. The summed E-state index contributed by atoms with van der Waals surface area (Å²) in [5, 5.41) is 23.4. The fourth-order valence-corrected chi connectivity index (χ4v) is 3.67. The van der Waals surface area contributed by atoms with Crippen LogP contribution in [-0.2, 0) is 14.3 Å². The van der Waals surface area contributed by atoms with Gasteiger partial charge < -0.3 is 15.2 Å². The number of carboxylic acid groups (broad SMARTS) is 1. The van der Waals surface area contributed by atoms with E-state index in [9.17, 15) is 29.6 Å². The van der Waals surface area contributed by atoms with E-state index >= 15 is 0 Å². The summed E-state index contributed by atoms with van der Waals surface area (Å²) in [5.74, 6) is -3.65. The zero-order valence-corrected chi connectivity index (χ0v) is 18.9. The van der Waals surface area contributed by atoms with Gasteiger partial charge in [0.05, 0.1) is 18.0 Å². The van der Waals surface area contributed by atoms with E-state index in [1.165, 1.54) is 24.3 Å². The van der Waals surface area contributed by atoms with Crippen LogP contribution in [0.5, 0.6) is 0 Å². The lowest BCUT2D eigenvalue weighted by atomic mass is 9.88. The van der Waals surface area contributed by atoms with E-state index in [0.717, 1.165) is 11.1 Å². The molecule has 0 unspecified atom stereocenters. The second-order valence-electron chi connectivity index (χ2n) is 7.70. The maximum atomic E-state index is 12.9. The average molecular weight is 476 g/mol. The molecule has 0 saturated carbocycles. The highest BCUT2D eigenvalue weighted by Crippen LogP contribution is 2.27. The molecule has 0 radical (unpaired) electrons. The van der Waals surface area contributed by atoms with Crippen molar-refractivity contribution in [3.63, 3.8) is 0 Å². The number of rotatable bonds is 10. The summed E-state index contributed by atoms with van der Waals surface area (Å²) in [6, 6.07) is 19.9. The maximum Gasteiger partial charge on any atom is 0.326 e. The van der Waals surface area contributed by atoms with Crippen molar-refractivity contribution in [3.05, 3.63) is 100 Å². The number of carbonyl (C=O) groups is 3. The van der Waals surface area contributed by atoms with Crippen LogP contribution in [0, 0.1) is 10.1 Å². The highest BCUT2D eigenvalue weighted by atomic mass is 16.6. The topological polar surface area (TPSA) is 136 Å². The molecule has 3 aromatic carbocycles. The van der Waals surface area contributed by atoms with Crippen molar-refractivity contribution in [2.24, 2.45) is 0 Å². The third-order valence-corrected chi connectivity index (χ3v) is 5.43. The number of nitrogens with zero attached hydrogens (tertiary/aromatic N) is 1. The Morgan fingerprint density at radius 3 is 2.09 bits per heavy atom. The van der Waals surface area contributed by atoms with Crippen LogP contribution in [0.15, 0.2) is 78.9 Å². The van der Waals surface area contributed by atoms with Crippen LogP contribution in [-0.4, -0.2) is 40.5 Å². The molecule has 0 aliphatic rings. The number of benzene rings is 3. The molecule has 3 rings (SSSR count). The number of hydrogen-bond acceptors (Lipinski definition) is 6. The molecule has 1 amide bonds. The molecule has 9 heteroatoms. The summed E-state index contributed by atoms with van der Waals surface area (Å²) in [6.45, 7) is 1.72. The predicted molar refractivity (Wildman–Crippen MR) is 128 cm³/mol. The van der Waals surface area contributed by atoms with Gasteiger partial charge in [0.25, 0.3) is 11.6 Å². The molecule has 2 N–H and O–H groups in total. The first-order valence-corrected chi connectivity index (χ1v) is 10.9. The lowest BCUT2D eigenvalue weighted by Crippen LogP contribution is -2.45. The monoisotopic (exact) mass is 476 g/mol. The van der Waals surface area contributed by atoms with Crippen LogP contribution in [0.1, 0.15) is 35.2 Å². The number of nitrogens with one attached hydrogen (secondary N) is 1. The molecule has 0 heterocycles. The summed E-state index contributed by atoms with van der Waals surface area (Å²) in [5.41, 5.74) is 2.27. The summed E-state index contributed by atoms with van der Waals surface area (Å²) in [6.07, 6.45) is -0.337. The van der Waals surface area contributed by atoms with Crippen molar-refractivity contribution in [1.29, 1.82) is 0 Å². The van der Waals surface area contributed by atoms with Gasteiger partial charge in [0.2, 0.25) is 0 Å². The van der Waals surface area contributed by atoms with E-state index in [1.54, 1.807) is 31.2 Å². The smallest absolute Gasteiger partial charge is 0.326 e. The molecule has 0 saturated heterocycles. The van der Waals surface area contributed by atoms with Gasteiger partial charge in [-0.3, -0.25) is 19.7 Å². The first-order valence-electron chi connectivity index (χ1n) is 10.9. The molecule has 3 aromatic rings. The van der Waals surface area contributed by atoms with E-state index in [2.05, 4.69) is 5.32 Å². The van der Waals surface area contributed by atoms with Gasteiger partial charge >= 0.3 is 11.9 Å². The number of non-ortho nitro benzene ring substituents is 1. The van der Waals surface area contributed by atoms with Gasteiger partial charge in [-0.05, 0) is 35.7 Å². The van der Waals surface area contributed by atoms with Gasteiger partial charge in [0.1, 0.15) is 6.04 Å². The van der Waals surface area contributed by atoms with Crippen LogP contribution in [0.2, 0.25) is 0 Å².